The van der Waals surface area contributed by atoms with E-state index in [0.29, 0.717) is 0 Å². The number of hydrogen-bond acceptors (Lipinski definition) is 0. The van der Waals surface area contributed by atoms with Crippen LogP contribution < -0.4 is 15.6 Å². The monoisotopic (exact) mass is 530 g/mol. The van der Waals surface area contributed by atoms with Crippen molar-refractivity contribution in [2.75, 3.05) is 0 Å². The van der Waals surface area contributed by atoms with Gasteiger partial charge in [0.1, 0.15) is 0 Å². The van der Waals surface area contributed by atoms with Crippen molar-refractivity contribution >= 4 is 24.4 Å². The predicted molar refractivity (Wildman–Crippen MR) is 84.7 cm³/mol. The van der Waals surface area contributed by atoms with Crippen LogP contribution in [0, 0.1) is 87.3 Å². The van der Waals surface area contributed by atoms with Gasteiger partial charge >= 0.3 is 0 Å². The van der Waals surface area contributed by atoms with E-state index in [9.17, 15) is 65.9 Å². The molecule has 3 rings (SSSR count). The highest BCUT2D eigenvalue weighted by Gasteiger charge is 2.43. The van der Waals surface area contributed by atoms with Crippen LogP contribution in [0.15, 0.2) is 0 Å². The van der Waals surface area contributed by atoms with Crippen LogP contribution in [-0.4, -0.2) is 8.80 Å². The highest BCUT2D eigenvalue weighted by molar-refractivity contribution is 6.95. The Morgan fingerprint density at radius 1 is 0.206 bits per heavy atom. The molecule has 0 aliphatic heterocycles. The second-order valence-electron chi connectivity index (χ2n) is 6.38. The molecule has 0 N–H and O–H groups in total. The summed E-state index contributed by atoms with van der Waals surface area (Å²) in [5.74, 6) is -44.6. The summed E-state index contributed by atoms with van der Waals surface area (Å²) in [5.41, 5.74) is 0. The molecule has 0 aromatic heterocycles. The summed E-state index contributed by atoms with van der Waals surface area (Å²) in [4.78, 5) is 0. The van der Waals surface area contributed by atoms with Gasteiger partial charge in [0.25, 0.3) is 0 Å². The largest absolute Gasteiger partial charge is 0.204 e. The number of halogens is 15. The van der Waals surface area contributed by atoms with E-state index in [4.69, 9.17) is 0 Å². The van der Waals surface area contributed by atoms with E-state index in [1.54, 1.807) is 0 Å². The van der Waals surface area contributed by atoms with Crippen LogP contribution in [0.3, 0.4) is 0 Å². The SMILES string of the molecule is Fc1c(F)c(F)c([SiH](c2c(F)c(F)c(F)c(F)c2F)c2c(F)c(F)c(F)c(F)c2F)c(F)c1F. The summed E-state index contributed by atoms with van der Waals surface area (Å²) >= 11 is 0. The molecule has 16 heteroatoms. The van der Waals surface area contributed by atoms with Crippen molar-refractivity contribution in [2.45, 2.75) is 0 Å². The fraction of sp³-hybridized carbons (Fsp3) is 0. The molecule has 34 heavy (non-hydrogen) atoms. The van der Waals surface area contributed by atoms with Crippen molar-refractivity contribution in [1.82, 2.24) is 0 Å². The zero-order valence-electron chi connectivity index (χ0n) is 15.2. The Bertz CT molecular complexity index is 1110. The lowest BCUT2D eigenvalue weighted by atomic mass is 10.3. The van der Waals surface area contributed by atoms with Crippen molar-refractivity contribution in [2.24, 2.45) is 0 Å². The number of benzene rings is 3. The van der Waals surface area contributed by atoms with Gasteiger partial charge in [-0.05, 0) is 0 Å². The first kappa shape index (κ1) is 25.4. The van der Waals surface area contributed by atoms with Crippen LogP contribution in [0.1, 0.15) is 0 Å². The van der Waals surface area contributed by atoms with Crippen LogP contribution in [0.2, 0.25) is 0 Å². The number of rotatable bonds is 3. The Labute approximate surface area is 178 Å². The number of hydrogen-bond donors (Lipinski definition) is 0. The second-order valence-corrected chi connectivity index (χ2v) is 8.98. The molecule has 0 bridgehead atoms. The van der Waals surface area contributed by atoms with Crippen LogP contribution in [0.4, 0.5) is 65.9 Å². The average molecular weight is 530 g/mol. The summed E-state index contributed by atoms with van der Waals surface area (Å²) in [6.07, 6.45) is 0. The summed E-state index contributed by atoms with van der Waals surface area (Å²) < 4.78 is 209. The average Bonchev–Trinajstić information content (AvgIpc) is 2.81. The quantitative estimate of drug-likeness (QED) is 0.158. The fourth-order valence-corrected chi connectivity index (χ4v) is 6.21. The Morgan fingerprint density at radius 2 is 0.324 bits per heavy atom. The molecule has 0 heterocycles. The molecule has 3 aromatic carbocycles. The van der Waals surface area contributed by atoms with Gasteiger partial charge in [-0.25, -0.2) is 65.9 Å². The van der Waals surface area contributed by atoms with Gasteiger partial charge in [0, 0.05) is 15.6 Å². The minimum absolute atomic E-state index is 2.54. The lowest BCUT2D eigenvalue weighted by Gasteiger charge is -2.22. The second kappa shape index (κ2) is 8.55. The minimum atomic E-state index is -5.96. The third-order valence-electron chi connectivity index (χ3n) is 4.60. The predicted octanol–water partition coefficient (Wildman–Crippen LogP) is 4.02. The molecule has 0 spiro atoms. The van der Waals surface area contributed by atoms with Crippen molar-refractivity contribution in [3.05, 3.63) is 87.3 Å². The molecule has 0 nitrogen and oxygen atoms in total. The van der Waals surface area contributed by atoms with Gasteiger partial charge in [-0.3, -0.25) is 0 Å². The molecular formula is C18HF15Si. The van der Waals surface area contributed by atoms with E-state index in [2.05, 4.69) is 0 Å². The van der Waals surface area contributed by atoms with Crippen LogP contribution in [-0.2, 0) is 0 Å². The molecule has 0 aliphatic rings. The van der Waals surface area contributed by atoms with Gasteiger partial charge in [0.2, 0.25) is 17.5 Å². The minimum Gasteiger partial charge on any atom is -0.204 e. The first-order valence-corrected chi connectivity index (χ1v) is 9.93. The van der Waals surface area contributed by atoms with Crippen LogP contribution in [0.5, 0.6) is 0 Å². The normalized spacial score (nSPS) is 11.6. The molecule has 0 radical (unpaired) electrons. The first-order chi connectivity index (χ1) is 15.7. The van der Waals surface area contributed by atoms with E-state index in [1.807, 2.05) is 0 Å². The summed E-state index contributed by atoms with van der Waals surface area (Å²) in [6, 6.07) is 0. The molecule has 0 atom stereocenters. The topological polar surface area (TPSA) is 0 Å². The highest BCUT2D eigenvalue weighted by atomic mass is 28.3. The van der Waals surface area contributed by atoms with E-state index in [1.165, 1.54) is 0 Å². The molecular weight excluding hydrogens is 529 g/mol. The molecule has 0 aliphatic carbocycles. The Morgan fingerprint density at radius 3 is 0.471 bits per heavy atom. The van der Waals surface area contributed by atoms with E-state index >= 15 is 0 Å². The lowest BCUT2D eigenvalue weighted by Crippen LogP contribution is -2.60. The molecule has 0 amide bonds. The van der Waals surface area contributed by atoms with Crippen LogP contribution >= 0.6 is 0 Å². The third-order valence-corrected chi connectivity index (χ3v) is 7.85. The maximum atomic E-state index is 14.4. The van der Waals surface area contributed by atoms with Gasteiger partial charge in [-0.1, -0.05) is 0 Å². The van der Waals surface area contributed by atoms with Gasteiger partial charge in [0.15, 0.2) is 78.6 Å². The van der Waals surface area contributed by atoms with Crippen molar-refractivity contribution in [1.29, 1.82) is 0 Å². The maximum Gasteiger partial charge on any atom is 0.200 e. The van der Waals surface area contributed by atoms with Gasteiger partial charge in [-0.15, -0.1) is 0 Å². The summed E-state index contributed by atoms with van der Waals surface area (Å²) in [7, 11) is -5.96. The van der Waals surface area contributed by atoms with Gasteiger partial charge in [0.05, 0.1) is 0 Å². The van der Waals surface area contributed by atoms with Crippen molar-refractivity contribution in [3.63, 3.8) is 0 Å². The zero-order chi connectivity index (χ0) is 26.0. The fourth-order valence-electron chi connectivity index (χ4n) is 3.06. The standard InChI is InChI=1S/C18HF15Si/c19-1-4(22)10(28)16(11(29)5(1)23)34(17-12(30)6(24)2(20)7(25)13(17)31)18-14(32)8(26)3(21)9(27)15(18)33/h34H. The Balaban J connectivity index is 2.68. The summed E-state index contributed by atoms with van der Waals surface area (Å²) in [6.45, 7) is 0. The first-order valence-electron chi connectivity index (χ1n) is 8.20. The molecule has 0 fully saturated rings. The van der Waals surface area contributed by atoms with E-state index < -0.39 is 112 Å². The lowest BCUT2D eigenvalue weighted by molar-refractivity contribution is 0.380. The molecule has 0 unspecified atom stereocenters. The molecule has 0 saturated carbocycles. The molecule has 0 saturated heterocycles. The maximum absolute atomic E-state index is 14.4. The van der Waals surface area contributed by atoms with E-state index in [-0.39, 0.29) is 0 Å². The van der Waals surface area contributed by atoms with Crippen molar-refractivity contribution < 1.29 is 65.9 Å². The van der Waals surface area contributed by atoms with Crippen LogP contribution in [0.25, 0.3) is 0 Å². The Hall–Kier alpha value is -3.17. The third kappa shape index (κ3) is 3.42. The highest BCUT2D eigenvalue weighted by Crippen LogP contribution is 2.23. The summed E-state index contributed by atoms with van der Waals surface area (Å²) in [5, 5.41) is -7.62. The van der Waals surface area contributed by atoms with Gasteiger partial charge in [-0.2, -0.15) is 0 Å². The van der Waals surface area contributed by atoms with Crippen molar-refractivity contribution in [3.8, 4) is 0 Å². The van der Waals surface area contributed by atoms with E-state index in [0.717, 1.165) is 0 Å². The zero-order valence-corrected chi connectivity index (χ0v) is 16.4. The molecule has 3 aromatic rings. The Kier molecular flexibility index (Phi) is 6.40. The smallest absolute Gasteiger partial charge is 0.200 e. The van der Waals surface area contributed by atoms with Gasteiger partial charge < -0.3 is 0 Å². The molecule has 182 valence electrons.